The molecule has 0 radical (unpaired) electrons. The van der Waals surface area contributed by atoms with E-state index in [0.29, 0.717) is 26.1 Å². The van der Waals surface area contributed by atoms with Crippen molar-refractivity contribution in [2.24, 2.45) is 0 Å². The maximum absolute atomic E-state index is 12.7. The number of aromatic nitrogens is 2. The molecule has 0 bridgehead atoms. The number of fused-ring (bicyclic) bond motifs is 1. The van der Waals surface area contributed by atoms with Gasteiger partial charge in [0.1, 0.15) is 18.2 Å². The van der Waals surface area contributed by atoms with Crippen molar-refractivity contribution >= 4 is 16.9 Å². The zero-order chi connectivity index (χ0) is 21.5. The number of carbonyl (C=O) groups is 1. The summed E-state index contributed by atoms with van der Waals surface area (Å²) >= 11 is 0. The van der Waals surface area contributed by atoms with Gasteiger partial charge in [-0.2, -0.15) is 0 Å². The second-order valence-electron chi connectivity index (χ2n) is 9.30. The van der Waals surface area contributed by atoms with Gasteiger partial charge in [-0.25, -0.2) is 4.98 Å². The number of imidazole rings is 1. The monoisotopic (exact) mass is 405 g/mol. The molecule has 1 fully saturated rings. The summed E-state index contributed by atoms with van der Waals surface area (Å²) in [6.07, 6.45) is 0.512. The highest BCUT2D eigenvalue weighted by Crippen LogP contribution is 2.34. The van der Waals surface area contributed by atoms with Crippen LogP contribution in [0.15, 0.2) is 42.5 Å². The minimum Gasteiger partial charge on any atom is -0.491 e. The normalized spacial score (nSPS) is 17.2. The van der Waals surface area contributed by atoms with Gasteiger partial charge in [-0.3, -0.25) is 4.79 Å². The predicted molar refractivity (Wildman–Crippen MR) is 120 cm³/mol. The summed E-state index contributed by atoms with van der Waals surface area (Å²) in [6, 6.07) is 14.5. The molecular weight excluding hydrogens is 374 g/mol. The molecule has 5 nitrogen and oxygen atoms in total. The number of ether oxygens (including phenoxy) is 1. The fourth-order valence-electron chi connectivity index (χ4n) is 4.28. The van der Waals surface area contributed by atoms with Gasteiger partial charge in [-0.15, -0.1) is 0 Å². The van der Waals surface area contributed by atoms with Crippen LogP contribution in [0.3, 0.4) is 0 Å². The maximum atomic E-state index is 12.7. The summed E-state index contributed by atoms with van der Waals surface area (Å²) in [7, 11) is 0. The van der Waals surface area contributed by atoms with Crippen molar-refractivity contribution in [1.82, 2.24) is 14.5 Å². The fraction of sp³-hybridized carbons (Fsp3) is 0.440. The lowest BCUT2D eigenvalue weighted by Gasteiger charge is -2.32. The van der Waals surface area contributed by atoms with Gasteiger partial charge in [0.25, 0.3) is 0 Å². The van der Waals surface area contributed by atoms with Crippen molar-refractivity contribution in [3.63, 3.8) is 0 Å². The van der Waals surface area contributed by atoms with Crippen LogP contribution in [0.2, 0.25) is 0 Å². The molecule has 0 N–H and O–H groups in total. The second kappa shape index (κ2) is 7.78. The molecule has 1 unspecified atom stereocenters. The van der Waals surface area contributed by atoms with Crippen molar-refractivity contribution in [3.05, 3.63) is 59.4 Å². The molecule has 1 aliphatic heterocycles. The molecule has 0 spiro atoms. The van der Waals surface area contributed by atoms with Gasteiger partial charge in [0, 0.05) is 24.4 Å². The average molecular weight is 406 g/mol. The lowest BCUT2D eigenvalue weighted by Crippen LogP contribution is -2.42. The molecule has 2 heterocycles. The highest BCUT2D eigenvalue weighted by atomic mass is 16.5. The summed E-state index contributed by atoms with van der Waals surface area (Å²) in [6.45, 7) is 12.4. The Morgan fingerprint density at radius 2 is 1.90 bits per heavy atom. The molecule has 1 atom stereocenters. The van der Waals surface area contributed by atoms with Crippen LogP contribution in [0.1, 0.15) is 50.1 Å². The van der Waals surface area contributed by atoms with Gasteiger partial charge in [0.15, 0.2) is 0 Å². The van der Waals surface area contributed by atoms with Gasteiger partial charge < -0.3 is 14.2 Å². The van der Waals surface area contributed by atoms with Crippen LogP contribution in [0.25, 0.3) is 11.0 Å². The Balaban J connectivity index is 1.60. The first-order valence-electron chi connectivity index (χ1n) is 10.7. The largest absolute Gasteiger partial charge is 0.491 e. The number of hydrogen-bond donors (Lipinski definition) is 0. The smallest absolute Gasteiger partial charge is 0.223 e. The topological polar surface area (TPSA) is 47.4 Å². The van der Waals surface area contributed by atoms with Crippen molar-refractivity contribution in [2.45, 2.75) is 59.0 Å². The molecule has 1 saturated heterocycles. The molecule has 0 saturated carbocycles. The minimum absolute atomic E-state index is 0.102. The number of benzene rings is 2. The molecule has 4 rings (SSSR count). The molecule has 1 aliphatic rings. The van der Waals surface area contributed by atoms with E-state index in [9.17, 15) is 4.79 Å². The van der Waals surface area contributed by atoms with Gasteiger partial charge in [-0.05, 0) is 63.9 Å². The highest BCUT2D eigenvalue weighted by Gasteiger charge is 2.38. The highest BCUT2D eigenvalue weighted by molar-refractivity contribution is 5.81. The lowest BCUT2D eigenvalue weighted by atomic mass is 10.1. The number of carbonyl (C=O) groups excluding carboxylic acids is 1. The van der Waals surface area contributed by atoms with Crippen LogP contribution in [0.4, 0.5) is 0 Å². The van der Waals surface area contributed by atoms with Crippen LogP contribution in [0, 0.1) is 13.8 Å². The zero-order valence-electron chi connectivity index (χ0n) is 18.6. The Bertz CT molecular complexity index is 1080. The average Bonchev–Trinajstić information content (AvgIpc) is 3.25. The third kappa shape index (κ3) is 3.93. The molecule has 158 valence electrons. The number of hydrogen-bond acceptors (Lipinski definition) is 3. The molecular formula is C25H31N3O2. The standard InChI is InChI=1S/C25H31N3O2/c1-17-10-11-18(2)22(14-17)30-13-12-27-21-9-7-6-8-20(21)26-24(27)19-15-23(29)28(16-19)25(3,4)5/h6-11,14,19H,12-13,15-16H2,1-5H3. The Morgan fingerprint density at radius 1 is 1.13 bits per heavy atom. The van der Waals surface area contributed by atoms with Crippen molar-refractivity contribution in [3.8, 4) is 5.75 Å². The quantitative estimate of drug-likeness (QED) is 0.610. The Labute approximate surface area is 178 Å². The maximum Gasteiger partial charge on any atom is 0.223 e. The first kappa shape index (κ1) is 20.5. The first-order valence-corrected chi connectivity index (χ1v) is 10.7. The van der Waals surface area contributed by atoms with E-state index in [-0.39, 0.29) is 17.4 Å². The summed E-state index contributed by atoms with van der Waals surface area (Å²) in [5, 5.41) is 0. The van der Waals surface area contributed by atoms with E-state index in [1.165, 1.54) is 5.56 Å². The summed E-state index contributed by atoms with van der Waals surface area (Å²) in [5.41, 5.74) is 4.23. The van der Waals surface area contributed by atoms with E-state index in [1.807, 2.05) is 23.1 Å². The van der Waals surface area contributed by atoms with E-state index in [2.05, 4.69) is 63.5 Å². The minimum atomic E-state index is -0.172. The SMILES string of the molecule is Cc1ccc(C)c(OCCn2c(C3CC(=O)N(C(C)(C)C)C3)nc3ccccc32)c1. The Kier molecular flexibility index (Phi) is 5.31. The third-order valence-electron chi connectivity index (χ3n) is 5.90. The number of rotatable bonds is 5. The van der Waals surface area contributed by atoms with Gasteiger partial charge in [0.2, 0.25) is 5.91 Å². The van der Waals surface area contributed by atoms with Crippen LogP contribution in [0.5, 0.6) is 5.75 Å². The van der Waals surface area contributed by atoms with E-state index in [1.54, 1.807) is 0 Å². The molecule has 1 amide bonds. The third-order valence-corrected chi connectivity index (χ3v) is 5.90. The zero-order valence-corrected chi connectivity index (χ0v) is 18.6. The number of amides is 1. The molecule has 5 heteroatoms. The van der Waals surface area contributed by atoms with E-state index < -0.39 is 0 Å². The molecule has 0 aliphatic carbocycles. The number of aryl methyl sites for hydroxylation is 2. The number of likely N-dealkylation sites (tertiary alicyclic amines) is 1. The second-order valence-corrected chi connectivity index (χ2v) is 9.30. The number of nitrogens with zero attached hydrogens (tertiary/aromatic N) is 3. The molecule has 30 heavy (non-hydrogen) atoms. The van der Waals surface area contributed by atoms with Crippen molar-refractivity contribution in [2.75, 3.05) is 13.2 Å². The van der Waals surface area contributed by atoms with Crippen LogP contribution in [-0.4, -0.2) is 39.0 Å². The van der Waals surface area contributed by atoms with Gasteiger partial charge in [-0.1, -0.05) is 24.3 Å². The van der Waals surface area contributed by atoms with E-state index >= 15 is 0 Å². The molecule has 3 aromatic rings. The van der Waals surface area contributed by atoms with E-state index in [0.717, 1.165) is 28.2 Å². The number of para-hydroxylation sites is 2. The Morgan fingerprint density at radius 3 is 2.63 bits per heavy atom. The molecule has 2 aromatic carbocycles. The van der Waals surface area contributed by atoms with Crippen molar-refractivity contribution in [1.29, 1.82) is 0 Å². The summed E-state index contributed by atoms with van der Waals surface area (Å²) in [4.78, 5) is 19.6. The van der Waals surface area contributed by atoms with Crippen molar-refractivity contribution < 1.29 is 9.53 Å². The lowest BCUT2D eigenvalue weighted by molar-refractivity contribution is -0.131. The summed E-state index contributed by atoms with van der Waals surface area (Å²) < 4.78 is 8.37. The van der Waals surface area contributed by atoms with Crippen LogP contribution in [-0.2, 0) is 11.3 Å². The van der Waals surface area contributed by atoms with Crippen LogP contribution >= 0.6 is 0 Å². The molecule has 1 aromatic heterocycles. The predicted octanol–water partition coefficient (Wildman–Crippen LogP) is 4.85. The summed E-state index contributed by atoms with van der Waals surface area (Å²) in [5.74, 6) is 2.22. The van der Waals surface area contributed by atoms with Gasteiger partial charge >= 0.3 is 0 Å². The fourth-order valence-corrected chi connectivity index (χ4v) is 4.28. The van der Waals surface area contributed by atoms with Crippen LogP contribution < -0.4 is 4.74 Å². The van der Waals surface area contributed by atoms with E-state index in [4.69, 9.17) is 9.72 Å². The van der Waals surface area contributed by atoms with Gasteiger partial charge in [0.05, 0.1) is 17.6 Å². The Hall–Kier alpha value is -2.82. The first-order chi connectivity index (χ1) is 14.2.